The van der Waals surface area contributed by atoms with E-state index >= 15 is 0 Å². The summed E-state index contributed by atoms with van der Waals surface area (Å²) in [4.78, 5) is 25.8. The van der Waals surface area contributed by atoms with Crippen molar-refractivity contribution in [3.8, 4) is 11.5 Å². The predicted molar refractivity (Wildman–Crippen MR) is 125 cm³/mol. The van der Waals surface area contributed by atoms with Gasteiger partial charge in [-0.05, 0) is 49.4 Å². The molecule has 0 radical (unpaired) electrons. The lowest BCUT2D eigenvalue weighted by atomic mass is 9.98. The van der Waals surface area contributed by atoms with Crippen molar-refractivity contribution in [1.82, 2.24) is 10.7 Å². The summed E-state index contributed by atoms with van der Waals surface area (Å²) in [7, 11) is 3.11. The summed E-state index contributed by atoms with van der Waals surface area (Å²) in [5.41, 5.74) is 5.78. The van der Waals surface area contributed by atoms with Crippen molar-refractivity contribution in [3.05, 3.63) is 94.8 Å². The molecule has 4 rings (SSSR count). The topological polar surface area (TPSA) is 79.7 Å². The molecular formula is C26H25FN3O4+. The molecule has 0 aliphatic carbocycles. The number of ether oxygens (including phenoxy) is 2. The second-order valence-corrected chi connectivity index (χ2v) is 7.94. The van der Waals surface area contributed by atoms with Gasteiger partial charge in [-0.3, -0.25) is 9.59 Å². The first-order valence-corrected chi connectivity index (χ1v) is 10.7. The van der Waals surface area contributed by atoms with E-state index < -0.39 is 23.8 Å². The molecular weight excluding hydrogens is 437 g/mol. The summed E-state index contributed by atoms with van der Waals surface area (Å²) in [6.07, 6.45) is 1.77. The second kappa shape index (κ2) is 9.74. The van der Waals surface area contributed by atoms with E-state index in [1.807, 2.05) is 37.3 Å². The first kappa shape index (κ1) is 23.0. The van der Waals surface area contributed by atoms with Gasteiger partial charge >= 0.3 is 5.91 Å². The zero-order valence-electron chi connectivity index (χ0n) is 19.0. The number of benzene rings is 3. The van der Waals surface area contributed by atoms with Crippen LogP contribution in [0.15, 0.2) is 66.7 Å². The van der Waals surface area contributed by atoms with E-state index in [9.17, 15) is 14.0 Å². The molecule has 34 heavy (non-hydrogen) atoms. The summed E-state index contributed by atoms with van der Waals surface area (Å²) in [6.45, 7) is 1.98. The molecule has 1 saturated heterocycles. The highest BCUT2D eigenvalue weighted by Gasteiger charge is 2.47. The van der Waals surface area contributed by atoms with Crippen LogP contribution in [0.4, 0.5) is 4.39 Å². The fourth-order valence-electron chi connectivity index (χ4n) is 3.86. The smallest absolute Gasteiger partial charge is 0.304 e. The Hall–Kier alpha value is -4.20. The Bertz CT molecular complexity index is 1240. The number of amides is 2. The maximum Gasteiger partial charge on any atom is 0.304 e. The van der Waals surface area contributed by atoms with Crippen LogP contribution in [0, 0.1) is 12.7 Å². The average molecular weight is 463 g/mol. The van der Waals surface area contributed by atoms with Gasteiger partial charge in [-0.15, -0.1) is 10.1 Å². The Morgan fingerprint density at radius 2 is 1.68 bits per heavy atom. The van der Waals surface area contributed by atoms with Gasteiger partial charge in [0.05, 0.1) is 14.2 Å². The van der Waals surface area contributed by atoms with Gasteiger partial charge in [0.25, 0.3) is 5.91 Å². The normalized spacial score (nSPS) is 18.5. The van der Waals surface area contributed by atoms with Crippen molar-refractivity contribution in [3.63, 3.8) is 0 Å². The number of carbonyl (C=O) groups is 2. The third kappa shape index (κ3) is 4.76. The molecule has 8 heteroatoms. The zero-order chi connectivity index (χ0) is 24.2. The first-order valence-electron chi connectivity index (χ1n) is 10.7. The van der Waals surface area contributed by atoms with Crippen LogP contribution in [0.1, 0.15) is 33.1 Å². The van der Waals surface area contributed by atoms with Crippen molar-refractivity contribution >= 4 is 18.0 Å². The number of hydrogen-bond donors (Lipinski definition) is 2. The van der Waals surface area contributed by atoms with Gasteiger partial charge < -0.3 is 14.8 Å². The molecule has 2 N–H and O–H groups in total. The van der Waals surface area contributed by atoms with Gasteiger partial charge in [0.15, 0.2) is 17.5 Å². The quantitative estimate of drug-likeness (QED) is 0.552. The molecule has 0 unspecified atom stereocenters. The van der Waals surface area contributed by atoms with Crippen LogP contribution in [0.25, 0.3) is 0 Å². The Morgan fingerprint density at radius 1 is 1.00 bits per heavy atom. The van der Waals surface area contributed by atoms with Crippen LogP contribution in [0.5, 0.6) is 11.5 Å². The number of hydrazine groups is 1. The summed E-state index contributed by atoms with van der Waals surface area (Å²) < 4.78 is 25.6. The molecule has 0 aromatic heterocycles. The summed E-state index contributed by atoms with van der Waals surface area (Å²) in [5, 5.41) is 2.80. The van der Waals surface area contributed by atoms with Crippen LogP contribution >= 0.6 is 0 Å². The Kier molecular flexibility index (Phi) is 6.58. The van der Waals surface area contributed by atoms with Gasteiger partial charge in [-0.2, -0.15) is 0 Å². The largest absolute Gasteiger partial charge is 0.493 e. The van der Waals surface area contributed by atoms with Gasteiger partial charge in [-0.1, -0.05) is 29.8 Å². The number of hydrazone groups is 1. The molecule has 174 valence electrons. The first-order chi connectivity index (χ1) is 16.4. The molecule has 3 aromatic carbocycles. The molecule has 3 aromatic rings. The van der Waals surface area contributed by atoms with Crippen LogP contribution in [0.2, 0.25) is 0 Å². The molecule has 1 heterocycles. The van der Waals surface area contributed by atoms with E-state index in [1.54, 1.807) is 37.3 Å². The molecule has 1 aliphatic heterocycles. The molecule has 2 amide bonds. The number of nitrogens with one attached hydrogen (secondary N) is 2. The number of nitrogens with zero attached hydrogens (tertiary/aromatic N) is 1. The standard InChI is InChI=1S/C26H24FN3O4/c1-16-4-7-18(8-5-16)24-23(28-25(31)19-9-11-20(27)12-10-19)26(32)29-30(24)15-17-6-13-21(33-2)22(14-17)34-3/h4-15,23-24H,1-3H3,(H-,28,29,31,32)/p+1/b30-15-/t23-,24+/m1/s1. The van der Waals surface area contributed by atoms with E-state index in [-0.39, 0.29) is 11.5 Å². The predicted octanol–water partition coefficient (Wildman–Crippen LogP) is 3.17. The van der Waals surface area contributed by atoms with E-state index in [0.717, 1.165) is 16.7 Å². The summed E-state index contributed by atoms with van der Waals surface area (Å²) >= 11 is 0. The molecule has 7 nitrogen and oxygen atoms in total. The third-order valence-corrected chi connectivity index (χ3v) is 5.64. The maximum absolute atomic E-state index is 13.3. The number of rotatable bonds is 6. The maximum atomic E-state index is 13.3. The third-order valence-electron chi connectivity index (χ3n) is 5.64. The Balaban J connectivity index is 1.71. The fraction of sp³-hybridized carbons (Fsp3) is 0.192. The summed E-state index contributed by atoms with van der Waals surface area (Å²) in [5.74, 6) is -0.133. The van der Waals surface area contributed by atoms with E-state index in [2.05, 4.69) is 10.7 Å². The van der Waals surface area contributed by atoms with Crippen molar-refractivity contribution in [1.29, 1.82) is 0 Å². The van der Waals surface area contributed by atoms with Gasteiger partial charge in [0.2, 0.25) is 12.3 Å². The van der Waals surface area contributed by atoms with Crippen LogP contribution in [0.3, 0.4) is 0 Å². The lowest BCUT2D eigenvalue weighted by Crippen LogP contribution is -2.42. The van der Waals surface area contributed by atoms with Crippen LogP contribution in [-0.2, 0) is 4.79 Å². The minimum absolute atomic E-state index is 0.263. The highest BCUT2D eigenvalue weighted by molar-refractivity contribution is 5.98. The highest BCUT2D eigenvalue weighted by Crippen LogP contribution is 2.29. The molecule has 0 saturated carbocycles. The number of hydrogen-bond acceptors (Lipinski definition) is 4. The lowest BCUT2D eigenvalue weighted by molar-refractivity contribution is -0.596. The van der Waals surface area contributed by atoms with Gasteiger partial charge in [-0.25, -0.2) is 4.39 Å². The van der Waals surface area contributed by atoms with Crippen molar-refractivity contribution in [2.45, 2.75) is 19.0 Å². The molecule has 2 atom stereocenters. The zero-order valence-corrected chi connectivity index (χ0v) is 19.0. The lowest BCUT2D eigenvalue weighted by Gasteiger charge is -2.15. The number of aryl methyl sites for hydroxylation is 1. The van der Waals surface area contributed by atoms with Crippen molar-refractivity contribution < 1.29 is 28.1 Å². The highest BCUT2D eigenvalue weighted by atomic mass is 19.1. The number of methoxy groups -OCH3 is 2. The van der Waals surface area contributed by atoms with Crippen LogP contribution < -0.4 is 20.2 Å². The van der Waals surface area contributed by atoms with Gasteiger partial charge in [0.1, 0.15) is 5.82 Å². The van der Waals surface area contributed by atoms with E-state index in [1.165, 1.54) is 24.3 Å². The number of halogens is 1. The minimum Gasteiger partial charge on any atom is -0.493 e. The second-order valence-electron chi connectivity index (χ2n) is 7.94. The number of carbonyl (C=O) groups excluding carboxylic acids is 2. The van der Waals surface area contributed by atoms with Gasteiger partial charge in [0, 0.05) is 16.7 Å². The van der Waals surface area contributed by atoms with E-state index in [0.29, 0.717) is 11.5 Å². The van der Waals surface area contributed by atoms with Crippen molar-refractivity contribution in [2.75, 3.05) is 14.2 Å². The average Bonchev–Trinajstić information content (AvgIpc) is 3.14. The Morgan fingerprint density at radius 3 is 2.32 bits per heavy atom. The Labute approximate surface area is 196 Å². The molecule has 0 bridgehead atoms. The molecule has 0 spiro atoms. The minimum atomic E-state index is -0.878. The monoisotopic (exact) mass is 462 g/mol. The van der Waals surface area contributed by atoms with E-state index in [4.69, 9.17) is 9.47 Å². The molecule has 1 aliphatic rings. The SMILES string of the molecule is COc1ccc(/C=[N+]2\NC(=O)[C@H](NC(=O)c3ccc(F)cc3)[C@@H]2c2ccc(C)cc2)cc1OC. The van der Waals surface area contributed by atoms with Crippen LogP contribution in [-0.4, -0.2) is 43.0 Å². The molecule has 1 fully saturated rings. The fourth-order valence-corrected chi connectivity index (χ4v) is 3.86. The summed E-state index contributed by atoms with van der Waals surface area (Å²) in [6, 6.07) is 16.9. The van der Waals surface area contributed by atoms with Crippen molar-refractivity contribution in [2.24, 2.45) is 0 Å².